The number of fused-ring (bicyclic) bond motifs is 2. The summed E-state index contributed by atoms with van der Waals surface area (Å²) in [5, 5.41) is 10.9. The van der Waals surface area contributed by atoms with Gasteiger partial charge >= 0.3 is 5.97 Å². The van der Waals surface area contributed by atoms with E-state index in [0.717, 1.165) is 0 Å². The first-order valence-corrected chi connectivity index (χ1v) is 15.0. The second-order valence-corrected chi connectivity index (χ2v) is 11.4. The van der Waals surface area contributed by atoms with E-state index in [0.29, 0.717) is 30.0 Å². The van der Waals surface area contributed by atoms with E-state index in [9.17, 15) is 14.7 Å². The Morgan fingerprint density at radius 3 is 2.69 bits per heavy atom. The van der Waals surface area contributed by atoms with Crippen LogP contribution in [-0.4, -0.2) is 87.0 Å². The molecule has 11 nitrogen and oxygen atoms in total. The second-order valence-electron chi connectivity index (χ2n) is 11.4. The lowest BCUT2D eigenvalue weighted by Crippen LogP contribution is -2.34. The number of carbonyl (C=O) groups is 2. The van der Waals surface area contributed by atoms with E-state index < -0.39 is 42.0 Å². The third kappa shape index (κ3) is 9.17. The predicted molar refractivity (Wildman–Crippen MR) is 168 cm³/mol. The van der Waals surface area contributed by atoms with Crippen molar-refractivity contribution in [1.29, 1.82) is 0 Å². The quantitative estimate of drug-likeness (QED) is 0.139. The van der Waals surface area contributed by atoms with Gasteiger partial charge in [0.2, 0.25) is 7.85 Å². The first-order chi connectivity index (χ1) is 21.5. The molecule has 2 aliphatic heterocycles. The lowest BCUT2D eigenvalue weighted by Gasteiger charge is -2.23. The number of aliphatic hydroxyl groups excluding tert-OH is 1. The van der Waals surface area contributed by atoms with Crippen LogP contribution in [0.4, 0.5) is 10.6 Å². The molecule has 1 amide bonds. The molecular weight excluding hydrogens is 579 g/mol. The van der Waals surface area contributed by atoms with Gasteiger partial charge in [0, 0.05) is 31.8 Å². The predicted octanol–water partition coefficient (Wildman–Crippen LogP) is 4.66. The molecular formula is C33H41BN2O9. The molecule has 3 heterocycles. The number of rotatable bonds is 9. The minimum atomic E-state index is -0.914. The maximum absolute atomic E-state index is 13.6. The lowest BCUT2D eigenvalue weighted by atomic mass is 9.99. The van der Waals surface area contributed by atoms with Gasteiger partial charge in [-0.1, -0.05) is 37.3 Å². The number of esters is 1. The number of benzene rings is 1. The Balaban J connectivity index is 1.62. The van der Waals surface area contributed by atoms with Crippen molar-refractivity contribution in [2.24, 2.45) is 5.92 Å². The van der Waals surface area contributed by atoms with Gasteiger partial charge in [-0.2, -0.15) is 0 Å². The summed E-state index contributed by atoms with van der Waals surface area (Å²) in [6, 6.07) is 8.56. The molecule has 2 aromatic rings. The van der Waals surface area contributed by atoms with Gasteiger partial charge in [0.25, 0.3) is 0 Å². The number of carbonyl (C=O) groups excluding carboxylic acids is 2. The summed E-state index contributed by atoms with van der Waals surface area (Å²) in [4.78, 5) is 31.2. The van der Waals surface area contributed by atoms with Crippen molar-refractivity contribution in [2.75, 3.05) is 32.0 Å². The molecule has 45 heavy (non-hydrogen) atoms. The van der Waals surface area contributed by atoms with Gasteiger partial charge in [-0.3, -0.25) is 4.79 Å². The molecule has 2 aliphatic rings. The average molecular weight is 621 g/mol. The van der Waals surface area contributed by atoms with Gasteiger partial charge in [-0.05, 0) is 57.4 Å². The van der Waals surface area contributed by atoms with Crippen molar-refractivity contribution >= 4 is 31.5 Å². The Labute approximate surface area is 265 Å². The largest absolute Gasteiger partial charge is 0.493 e. The number of nitrogens with zero attached hydrogens (tertiary/aromatic N) is 2. The summed E-state index contributed by atoms with van der Waals surface area (Å²) in [5.74, 6) is -1.17. The highest BCUT2D eigenvalue weighted by Crippen LogP contribution is 2.35. The summed E-state index contributed by atoms with van der Waals surface area (Å²) >= 11 is 0. The van der Waals surface area contributed by atoms with E-state index in [1.807, 2.05) is 32.9 Å². The average Bonchev–Trinajstić information content (AvgIpc) is 3.32. The SMILES string of the molecule is [B]C(=O)N(CCCOc1cc2c(c(OCOC)c1)C(=O)O[C@@H](C)[C@H](C)C=CC(O)C1OC(C)(C)O[C@H]1CC=C2)c1ccccn1. The zero-order valence-electron chi connectivity index (χ0n) is 26.4. The highest BCUT2D eigenvalue weighted by molar-refractivity contribution is 6.60. The fourth-order valence-corrected chi connectivity index (χ4v) is 5.10. The molecule has 0 saturated carbocycles. The first kappa shape index (κ1) is 34.2. The summed E-state index contributed by atoms with van der Waals surface area (Å²) in [5.41, 5.74) is 0.713. The molecule has 1 N–H and O–H groups in total. The number of methoxy groups -OCH3 is 1. The van der Waals surface area contributed by atoms with E-state index in [2.05, 4.69) is 4.98 Å². The van der Waals surface area contributed by atoms with Gasteiger partial charge in [0.1, 0.15) is 41.2 Å². The van der Waals surface area contributed by atoms with Crippen molar-refractivity contribution in [3.63, 3.8) is 0 Å². The summed E-state index contributed by atoms with van der Waals surface area (Å²) in [6.45, 7) is 7.71. The third-order valence-electron chi connectivity index (χ3n) is 7.50. The van der Waals surface area contributed by atoms with E-state index in [1.54, 1.807) is 55.6 Å². The number of aliphatic hydroxyl groups is 1. The minimum Gasteiger partial charge on any atom is -0.493 e. The summed E-state index contributed by atoms with van der Waals surface area (Å²) < 4.78 is 35.0. The maximum Gasteiger partial charge on any atom is 0.342 e. The standard InChI is InChI=1S/C33H41BN2O9/c1-21-13-14-25(37)30-26(44-33(3,4)45-30)11-8-10-23-18-24(19-27(42-20-40-5)29(23)31(38)43-22(21)2)41-17-9-16-36(32(34)39)28-12-6-7-15-35-28/h6-8,10,12-15,18-19,21-22,25-26,30,37H,9,11,16-17,20H2,1-5H3/t21-,22+,25?,26+,30?/m1/s1. The highest BCUT2D eigenvalue weighted by Gasteiger charge is 2.43. The molecule has 0 spiro atoms. The number of aromatic nitrogens is 1. The van der Waals surface area contributed by atoms with Gasteiger partial charge in [0.15, 0.2) is 18.4 Å². The van der Waals surface area contributed by atoms with Crippen molar-refractivity contribution in [2.45, 2.75) is 70.7 Å². The van der Waals surface area contributed by atoms with Gasteiger partial charge < -0.3 is 38.4 Å². The Morgan fingerprint density at radius 2 is 1.98 bits per heavy atom. The fraction of sp³-hybridized carbons (Fsp3) is 0.485. The van der Waals surface area contributed by atoms with Crippen LogP contribution >= 0.6 is 0 Å². The fourth-order valence-electron chi connectivity index (χ4n) is 5.10. The Morgan fingerprint density at radius 1 is 1.18 bits per heavy atom. The molecule has 0 bridgehead atoms. The second kappa shape index (κ2) is 15.5. The van der Waals surface area contributed by atoms with Gasteiger partial charge in [-0.15, -0.1) is 0 Å². The molecule has 1 fully saturated rings. The zero-order valence-corrected chi connectivity index (χ0v) is 26.4. The van der Waals surface area contributed by atoms with Crippen LogP contribution < -0.4 is 14.4 Å². The van der Waals surface area contributed by atoms with Crippen molar-refractivity contribution < 1.29 is 43.1 Å². The number of amides is 1. The van der Waals surface area contributed by atoms with Crippen molar-refractivity contribution in [1.82, 2.24) is 4.98 Å². The van der Waals surface area contributed by atoms with Crippen molar-refractivity contribution in [3.05, 3.63) is 65.9 Å². The Bertz CT molecular complexity index is 1370. The molecule has 1 saturated heterocycles. The van der Waals surface area contributed by atoms with E-state index >= 15 is 0 Å². The normalized spacial score (nSPS) is 24.6. The number of pyridine rings is 1. The summed E-state index contributed by atoms with van der Waals surface area (Å²) in [7, 11) is 7.06. The topological polar surface area (TPSA) is 126 Å². The third-order valence-corrected chi connectivity index (χ3v) is 7.50. The Kier molecular flexibility index (Phi) is 11.8. The number of hydrogen-bond acceptors (Lipinski definition) is 10. The van der Waals surface area contributed by atoms with Gasteiger partial charge in [0.05, 0.1) is 12.7 Å². The van der Waals surface area contributed by atoms with E-state index in [4.69, 9.17) is 36.3 Å². The van der Waals surface area contributed by atoms with Crippen molar-refractivity contribution in [3.8, 4) is 11.5 Å². The molecule has 1 aromatic heterocycles. The van der Waals surface area contributed by atoms with Crippen LogP contribution in [-0.2, 0) is 18.9 Å². The minimum absolute atomic E-state index is 0.110. The molecule has 4 rings (SSSR count). The van der Waals surface area contributed by atoms with Crippen LogP contribution in [0.1, 0.15) is 56.5 Å². The zero-order chi connectivity index (χ0) is 32.6. The monoisotopic (exact) mass is 620 g/mol. The molecule has 5 atom stereocenters. The van der Waals surface area contributed by atoms with Crippen LogP contribution in [0.2, 0.25) is 0 Å². The molecule has 2 unspecified atom stereocenters. The number of hydrogen-bond donors (Lipinski definition) is 1. The van der Waals surface area contributed by atoms with Crippen LogP contribution in [0, 0.1) is 5.92 Å². The smallest absolute Gasteiger partial charge is 0.342 e. The Hall–Kier alpha value is -3.71. The van der Waals surface area contributed by atoms with Crippen LogP contribution in [0.15, 0.2) is 54.8 Å². The first-order valence-electron chi connectivity index (χ1n) is 15.0. The van der Waals surface area contributed by atoms with Crippen LogP contribution in [0.25, 0.3) is 6.08 Å². The van der Waals surface area contributed by atoms with Crippen LogP contribution in [0.5, 0.6) is 11.5 Å². The summed E-state index contributed by atoms with van der Waals surface area (Å²) in [6.07, 6.45) is 7.07. The molecule has 1 aromatic carbocycles. The number of cyclic esters (lactones) is 1. The lowest BCUT2D eigenvalue weighted by molar-refractivity contribution is -0.152. The van der Waals surface area contributed by atoms with E-state index in [1.165, 1.54) is 12.0 Å². The van der Waals surface area contributed by atoms with Crippen LogP contribution in [0.3, 0.4) is 0 Å². The molecule has 2 radical (unpaired) electrons. The van der Waals surface area contributed by atoms with E-state index in [-0.39, 0.29) is 37.2 Å². The number of ether oxygens (including phenoxy) is 6. The number of anilines is 1. The highest BCUT2D eigenvalue weighted by atomic mass is 16.8. The maximum atomic E-state index is 13.6. The molecule has 0 aliphatic carbocycles. The molecule has 12 heteroatoms. The molecule has 240 valence electrons. The van der Waals surface area contributed by atoms with Gasteiger partial charge in [-0.25, -0.2) is 9.78 Å².